The van der Waals surface area contributed by atoms with Crippen LogP contribution in [0.5, 0.6) is 11.5 Å². The van der Waals surface area contributed by atoms with Gasteiger partial charge in [-0.15, -0.1) is 0 Å². The average Bonchev–Trinajstić information content (AvgIpc) is 3.02. The molecule has 0 saturated heterocycles. The minimum atomic E-state index is -0.638. The van der Waals surface area contributed by atoms with Crippen molar-refractivity contribution in [2.75, 3.05) is 14.2 Å². The summed E-state index contributed by atoms with van der Waals surface area (Å²) >= 11 is 0. The lowest BCUT2D eigenvalue weighted by Gasteiger charge is -2.07. The molecular weight excluding hydrogens is 340 g/mol. The van der Waals surface area contributed by atoms with E-state index in [1.807, 2.05) is 0 Å². The fraction of sp³-hybridized carbons (Fsp3) is 0.111. The smallest absolute Gasteiger partial charge is 0.363 e. The maximum absolute atomic E-state index is 12.1. The van der Waals surface area contributed by atoms with Gasteiger partial charge in [-0.1, -0.05) is 12.1 Å². The number of hydrogen-bond donors (Lipinski definition) is 0. The number of nitrogens with zero attached hydrogens (tertiary/aromatic N) is 2. The summed E-state index contributed by atoms with van der Waals surface area (Å²) in [6.45, 7) is 0. The fourth-order valence-electron chi connectivity index (χ4n) is 2.39. The van der Waals surface area contributed by atoms with Crippen molar-refractivity contribution in [3.8, 4) is 11.5 Å². The van der Waals surface area contributed by atoms with Crippen LogP contribution in [0.2, 0.25) is 0 Å². The molecule has 0 amide bonds. The lowest BCUT2D eigenvalue weighted by Crippen LogP contribution is -2.05. The van der Waals surface area contributed by atoms with E-state index in [2.05, 4.69) is 4.99 Å². The molecule has 1 aliphatic heterocycles. The van der Waals surface area contributed by atoms with E-state index in [0.717, 1.165) is 0 Å². The van der Waals surface area contributed by atoms with Gasteiger partial charge < -0.3 is 14.2 Å². The molecule has 0 unspecified atom stereocenters. The predicted molar refractivity (Wildman–Crippen MR) is 93.2 cm³/mol. The van der Waals surface area contributed by atoms with Crippen molar-refractivity contribution >= 4 is 23.6 Å². The number of methoxy groups -OCH3 is 2. The van der Waals surface area contributed by atoms with Crippen molar-refractivity contribution in [2.24, 2.45) is 4.99 Å². The molecule has 3 rings (SSSR count). The topological polar surface area (TPSA) is 100 Å². The molecule has 2 aromatic rings. The monoisotopic (exact) mass is 354 g/mol. The molecule has 0 saturated carbocycles. The Morgan fingerprint density at radius 1 is 1.12 bits per heavy atom. The van der Waals surface area contributed by atoms with Crippen LogP contribution in [0.1, 0.15) is 11.1 Å². The lowest BCUT2D eigenvalue weighted by molar-refractivity contribution is -0.384. The van der Waals surface area contributed by atoms with Crippen LogP contribution in [0.3, 0.4) is 0 Å². The van der Waals surface area contributed by atoms with Crippen molar-refractivity contribution in [2.45, 2.75) is 0 Å². The summed E-state index contributed by atoms with van der Waals surface area (Å²) in [5.74, 6) is 0.451. The normalized spacial score (nSPS) is 14.8. The highest BCUT2D eigenvalue weighted by Gasteiger charge is 2.25. The van der Waals surface area contributed by atoms with E-state index in [-0.39, 0.29) is 17.3 Å². The van der Waals surface area contributed by atoms with Gasteiger partial charge in [-0.2, -0.15) is 0 Å². The molecule has 0 bridgehead atoms. The summed E-state index contributed by atoms with van der Waals surface area (Å²) in [5.41, 5.74) is 0.985. The molecule has 26 heavy (non-hydrogen) atoms. The number of benzene rings is 2. The maximum Gasteiger partial charge on any atom is 0.363 e. The van der Waals surface area contributed by atoms with E-state index in [4.69, 9.17) is 14.2 Å². The van der Waals surface area contributed by atoms with Gasteiger partial charge in [0.2, 0.25) is 5.90 Å². The Kier molecular flexibility index (Phi) is 4.66. The molecule has 0 aliphatic carbocycles. The summed E-state index contributed by atoms with van der Waals surface area (Å²) in [6, 6.07) is 10.9. The van der Waals surface area contributed by atoms with Crippen LogP contribution in [0.25, 0.3) is 6.08 Å². The Hall–Kier alpha value is -3.68. The Labute approximate surface area is 148 Å². The third kappa shape index (κ3) is 3.39. The number of nitro groups is 1. The summed E-state index contributed by atoms with van der Waals surface area (Å²) in [7, 11) is 3.04. The summed E-state index contributed by atoms with van der Waals surface area (Å²) in [4.78, 5) is 26.6. The van der Waals surface area contributed by atoms with E-state index in [9.17, 15) is 14.9 Å². The highest BCUT2D eigenvalue weighted by molar-refractivity contribution is 6.13. The number of cyclic esters (lactones) is 1. The fourth-order valence-corrected chi connectivity index (χ4v) is 2.39. The number of carbonyl (C=O) groups excluding carboxylic acids is 1. The standard InChI is InChI=1S/C18H14N2O6/c1-24-15-7-6-11(9-16(15)25-2)8-14-18(21)26-17(19-14)12-4-3-5-13(10-12)20(22)23/h3-10H,1-2H3/b14-8+. The number of ether oxygens (including phenoxy) is 3. The number of rotatable bonds is 5. The van der Waals surface area contributed by atoms with Crippen molar-refractivity contribution in [1.29, 1.82) is 0 Å². The zero-order chi connectivity index (χ0) is 18.7. The molecule has 0 spiro atoms. The maximum atomic E-state index is 12.1. The quantitative estimate of drug-likeness (QED) is 0.354. The number of non-ortho nitro benzene ring substituents is 1. The zero-order valence-electron chi connectivity index (χ0n) is 14.0. The molecular formula is C18H14N2O6. The first-order valence-corrected chi connectivity index (χ1v) is 7.51. The summed E-state index contributed by atoms with van der Waals surface area (Å²) in [5, 5.41) is 10.9. The number of nitro benzene ring substituents is 1. The third-order valence-electron chi connectivity index (χ3n) is 3.64. The summed E-state index contributed by atoms with van der Waals surface area (Å²) in [6.07, 6.45) is 1.54. The molecule has 1 heterocycles. The van der Waals surface area contributed by atoms with E-state index < -0.39 is 10.9 Å². The van der Waals surface area contributed by atoms with Crippen LogP contribution in [-0.4, -0.2) is 31.0 Å². The molecule has 0 atom stereocenters. The Morgan fingerprint density at radius 2 is 1.88 bits per heavy atom. The van der Waals surface area contributed by atoms with Crippen LogP contribution in [0.4, 0.5) is 5.69 Å². The van der Waals surface area contributed by atoms with Gasteiger partial charge >= 0.3 is 5.97 Å². The molecule has 8 nitrogen and oxygen atoms in total. The average molecular weight is 354 g/mol. The van der Waals surface area contributed by atoms with E-state index in [1.54, 1.807) is 24.3 Å². The van der Waals surface area contributed by atoms with Gasteiger partial charge in [0.05, 0.1) is 19.1 Å². The van der Waals surface area contributed by atoms with Crippen molar-refractivity contribution in [3.05, 3.63) is 69.4 Å². The van der Waals surface area contributed by atoms with Gasteiger partial charge in [0.25, 0.3) is 5.69 Å². The van der Waals surface area contributed by atoms with Gasteiger partial charge in [0.1, 0.15) is 0 Å². The van der Waals surface area contributed by atoms with Crippen LogP contribution >= 0.6 is 0 Å². The zero-order valence-corrected chi connectivity index (χ0v) is 14.0. The SMILES string of the molecule is COc1ccc(/C=C2/N=C(c3cccc([N+](=O)[O-])c3)OC2=O)cc1OC. The van der Waals surface area contributed by atoms with E-state index in [0.29, 0.717) is 22.6 Å². The van der Waals surface area contributed by atoms with Crippen LogP contribution in [-0.2, 0) is 9.53 Å². The summed E-state index contributed by atoms with van der Waals surface area (Å²) < 4.78 is 15.5. The van der Waals surface area contributed by atoms with Crippen LogP contribution in [0.15, 0.2) is 53.2 Å². The van der Waals surface area contributed by atoms with Gasteiger partial charge in [0.15, 0.2) is 17.2 Å². The van der Waals surface area contributed by atoms with Gasteiger partial charge in [0, 0.05) is 17.7 Å². The third-order valence-corrected chi connectivity index (χ3v) is 3.64. The van der Waals surface area contributed by atoms with Crippen LogP contribution < -0.4 is 9.47 Å². The highest BCUT2D eigenvalue weighted by atomic mass is 16.6. The van der Waals surface area contributed by atoms with Crippen molar-refractivity contribution in [1.82, 2.24) is 0 Å². The molecule has 0 radical (unpaired) electrons. The van der Waals surface area contributed by atoms with Gasteiger partial charge in [-0.25, -0.2) is 9.79 Å². The molecule has 2 aromatic carbocycles. The lowest BCUT2D eigenvalue weighted by atomic mass is 10.1. The Bertz CT molecular complexity index is 948. The Balaban J connectivity index is 1.94. The van der Waals surface area contributed by atoms with Crippen molar-refractivity contribution in [3.63, 3.8) is 0 Å². The second-order valence-electron chi connectivity index (χ2n) is 5.26. The molecule has 8 heteroatoms. The first-order chi connectivity index (χ1) is 12.5. The molecule has 0 N–H and O–H groups in total. The first kappa shape index (κ1) is 17.2. The second kappa shape index (κ2) is 7.06. The second-order valence-corrected chi connectivity index (χ2v) is 5.26. The van der Waals surface area contributed by atoms with Gasteiger partial charge in [-0.3, -0.25) is 10.1 Å². The molecule has 1 aliphatic rings. The van der Waals surface area contributed by atoms with Crippen LogP contribution in [0, 0.1) is 10.1 Å². The number of aliphatic imine (C=N–C) groups is 1. The first-order valence-electron chi connectivity index (χ1n) is 7.51. The highest BCUT2D eigenvalue weighted by Crippen LogP contribution is 2.29. The molecule has 0 aromatic heterocycles. The number of hydrogen-bond acceptors (Lipinski definition) is 7. The van der Waals surface area contributed by atoms with E-state index in [1.165, 1.54) is 38.5 Å². The number of carbonyl (C=O) groups is 1. The molecule has 0 fully saturated rings. The van der Waals surface area contributed by atoms with Gasteiger partial charge in [-0.05, 0) is 29.8 Å². The Morgan fingerprint density at radius 3 is 2.58 bits per heavy atom. The number of esters is 1. The predicted octanol–water partition coefficient (Wildman–Crippen LogP) is 2.96. The largest absolute Gasteiger partial charge is 0.493 e. The van der Waals surface area contributed by atoms with E-state index >= 15 is 0 Å². The van der Waals surface area contributed by atoms with Crippen molar-refractivity contribution < 1.29 is 23.9 Å². The minimum Gasteiger partial charge on any atom is -0.493 e. The minimum absolute atomic E-state index is 0.0189. The molecule has 132 valence electrons.